The van der Waals surface area contributed by atoms with Crippen LogP contribution >= 0.6 is 0 Å². The molecular formula is C26H30F4N2O4S. The summed E-state index contributed by atoms with van der Waals surface area (Å²) in [5, 5.41) is 0. The number of carbonyl (C=O) groups is 1. The molecule has 11 heteroatoms. The molecule has 1 aliphatic carbocycles. The van der Waals surface area contributed by atoms with Crippen LogP contribution in [0.1, 0.15) is 55.3 Å². The molecule has 0 saturated heterocycles. The minimum Gasteiger partial charge on any atom is -0.492 e. The lowest BCUT2D eigenvalue weighted by molar-refractivity contribution is -0.191. The average Bonchev–Trinajstić information content (AvgIpc) is 2.81. The van der Waals surface area contributed by atoms with Crippen molar-refractivity contribution in [2.24, 2.45) is 0 Å². The van der Waals surface area contributed by atoms with Crippen LogP contribution < -0.4 is 9.46 Å². The number of alkyl halides is 3. The number of amides is 1. The molecule has 6 nitrogen and oxygen atoms in total. The summed E-state index contributed by atoms with van der Waals surface area (Å²) < 4.78 is 86.5. The van der Waals surface area contributed by atoms with Crippen molar-refractivity contribution in [3.8, 4) is 5.75 Å². The fourth-order valence-corrected chi connectivity index (χ4v) is 6.50. The maximum Gasteiger partial charge on any atom is 0.471 e. The molecule has 4 rings (SSSR count). The number of halogens is 4. The van der Waals surface area contributed by atoms with Gasteiger partial charge in [-0.3, -0.25) is 4.79 Å². The van der Waals surface area contributed by atoms with Crippen molar-refractivity contribution < 1.29 is 35.5 Å². The van der Waals surface area contributed by atoms with Crippen molar-refractivity contribution in [2.45, 2.75) is 56.7 Å². The average molecular weight is 543 g/mol. The number of hydrogen-bond donors (Lipinski definition) is 1. The normalized spacial score (nSPS) is 19.2. The summed E-state index contributed by atoms with van der Waals surface area (Å²) in [6, 6.07) is 9.97. The molecule has 0 radical (unpaired) electrons. The second kappa shape index (κ2) is 10.6. The van der Waals surface area contributed by atoms with Crippen molar-refractivity contribution in [3.05, 3.63) is 65.0 Å². The van der Waals surface area contributed by atoms with Crippen LogP contribution in [0.2, 0.25) is 0 Å². The zero-order chi connectivity index (χ0) is 26.8. The second-order valence-corrected chi connectivity index (χ2v) is 11.5. The van der Waals surface area contributed by atoms with Gasteiger partial charge in [0.15, 0.2) is 0 Å². The van der Waals surface area contributed by atoms with Gasteiger partial charge in [-0.05, 0) is 66.6 Å². The monoisotopic (exact) mass is 542 g/mol. The lowest BCUT2D eigenvalue weighted by atomic mass is 9.57. The van der Waals surface area contributed by atoms with E-state index in [1.807, 2.05) is 0 Å². The van der Waals surface area contributed by atoms with E-state index in [-0.39, 0.29) is 31.9 Å². The molecular weight excluding hydrogens is 512 g/mol. The van der Waals surface area contributed by atoms with E-state index >= 15 is 0 Å². The third-order valence-electron chi connectivity index (χ3n) is 7.20. The molecule has 1 amide bonds. The second-order valence-electron chi connectivity index (χ2n) is 9.59. The van der Waals surface area contributed by atoms with E-state index in [4.69, 9.17) is 4.74 Å². The fourth-order valence-electron chi connectivity index (χ4n) is 5.43. The Morgan fingerprint density at radius 1 is 1.16 bits per heavy atom. The van der Waals surface area contributed by atoms with Crippen LogP contribution in [0.25, 0.3) is 0 Å². The molecule has 1 atom stereocenters. The van der Waals surface area contributed by atoms with Gasteiger partial charge < -0.3 is 9.64 Å². The van der Waals surface area contributed by atoms with Crippen molar-refractivity contribution in [2.75, 3.05) is 25.4 Å². The first-order valence-corrected chi connectivity index (χ1v) is 14.0. The first-order chi connectivity index (χ1) is 17.5. The van der Waals surface area contributed by atoms with Gasteiger partial charge in [0.25, 0.3) is 0 Å². The first-order valence-electron chi connectivity index (χ1n) is 12.3. The third kappa shape index (κ3) is 5.77. The highest BCUT2D eigenvalue weighted by Gasteiger charge is 2.55. The van der Waals surface area contributed by atoms with E-state index in [9.17, 15) is 30.8 Å². The van der Waals surface area contributed by atoms with Crippen molar-refractivity contribution in [3.63, 3.8) is 0 Å². The van der Waals surface area contributed by atoms with Crippen molar-refractivity contribution >= 4 is 15.9 Å². The molecule has 1 saturated carbocycles. The van der Waals surface area contributed by atoms with Gasteiger partial charge in [0, 0.05) is 18.5 Å². The van der Waals surface area contributed by atoms with Crippen LogP contribution in [0.3, 0.4) is 0 Å². The number of ether oxygens (including phenoxy) is 1. The Kier molecular flexibility index (Phi) is 7.85. The predicted molar refractivity (Wildman–Crippen MR) is 130 cm³/mol. The van der Waals surface area contributed by atoms with Crippen molar-refractivity contribution in [1.82, 2.24) is 9.62 Å². The Morgan fingerprint density at radius 2 is 1.86 bits per heavy atom. The third-order valence-corrected chi connectivity index (χ3v) is 8.79. The Balaban J connectivity index is 1.67. The summed E-state index contributed by atoms with van der Waals surface area (Å²) in [5.74, 6) is -1.97. The molecule has 1 heterocycles. The summed E-state index contributed by atoms with van der Waals surface area (Å²) >= 11 is 0. The van der Waals surface area contributed by atoms with E-state index < -0.39 is 39.4 Å². The number of rotatable bonds is 9. The van der Waals surface area contributed by atoms with E-state index in [0.717, 1.165) is 16.9 Å². The number of carbonyl (C=O) groups excluding carboxylic acids is 1. The SMILES string of the molecule is CCCS(=O)(=O)NCCOc1ccc2c(c1)C(C1(c3ccc(F)cc3)CCC1)N(C(=O)C(F)(F)F)CC2. The van der Waals surface area contributed by atoms with Gasteiger partial charge in [-0.15, -0.1) is 0 Å². The molecule has 0 bridgehead atoms. The summed E-state index contributed by atoms with van der Waals surface area (Å²) in [5.41, 5.74) is 1.28. The summed E-state index contributed by atoms with van der Waals surface area (Å²) in [6.45, 7) is 1.74. The zero-order valence-corrected chi connectivity index (χ0v) is 21.3. The number of fused-ring (bicyclic) bond motifs is 1. The molecule has 1 N–H and O–H groups in total. The first kappa shape index (κ1) is 27.4. The van der Waals surface area contributed by atoms with Crippen LogP contribution in [0, 0.1) is 5.82 Å². The predicted octanol–water partition coefficient (Wildman–Crippen LogP) is 4.64. The van der Waals surface area contributed by atoms with Gasteiger partial charge in [-0.1, -0.05) is 31.5 Å². The van der Waals surface area contributed by atoms with Gasteiger partial charge in [0.05, 0.1) is 11.8 Å². The van der Waals surface area contributed by atoms with Gasteiger partial charge in [0.1, 0.15) is 18.2 Å². The highest BCUT2D eigenvalue weighted by Crippen LogP contribution is 2.56. The Hall–Kier alpha value is -2.66. The van der Waals surface area contributed by atoms with E-state index in [2.05, 4.69) is 4.72 Å². The largest absolute Gasteiger partial charge is 0.492 e. The van der Waals surface area contributed by atoms with Gasteiger partial charge in [-0.2, -0.15) is 13.2 Å². The molecule has 2 aliphatic rings. The fraction of sp³-hybridized carbons (Fsp3) is 0.500. The van der Waals surface area contributed by atoms with Crippen LogP contribution in [0.5, 0.6) is 5.75 Å². The number of nitrogens with one attached hydrogen (secondary N) is 1. The number of benzene rings is 2. The number of nitrogens with zero attached hydrogens (tertiary/aromatic N) is 1. The standard InChI is InChI=1S/C26H30F4N2O4S/c1-2-16-37(34,35)31-13-15-36-21-9-4-18-10-14-32(24(33)26(28,29)30)23(22(18)17-21)25(11-3-12-25)19-5-7-20(27)8-6-19/h4-9,17,23,31H,2-3,10-16H2,1H3. The Labute approximate surface area is 214 Å². The van der Waals surface area contributed by atoms with E-state index in [0.29, 0.717) is 36.1 Å². The molecule has 1 aliphatic heterocycles. The zero-order valence-electron chi connectivity index (χ0n) is 20.5. The summed E-state index contributed by atoms with van der Waals surface area (Å²) in [6.07, 6.45) is -2.43. The molecule has 202 valence electrons. The van der Waals surface area contributed by atoms with Gasteiger partial charge in [0.2, 0.25) is 10.0 Å². The summed E-state index contributed by atoms with van der Waals surface area (Å²) in [7, 11) is -3.40. The van der Waals surface area contributed by atoms with Crippen LogP contribution in [0.15, 0.2) is 42.5 Å². The quantitative estimate of drug-likeness (QED) is 0.370. The lowest BCUT2D eigenvalue weighted by Crippen LogP contribution is -2.55. The van der Waals surface area contributed by atoms with Crippen molar-refractivity contribution in [1.29, 1.82) is 0 Å². The van der Waals surface area contributed by atoms with Gasteiger partial charge in [-0.25, -0.2) is 17.5 Å². The molecule has 37 heavy (non-hydrogen) atoms. The summed E-state index contributed by atoms with van der Waals surface area (Å²) in [4.78, 5) is 13.5. The van der Waals surface area contributed by atoms with Crippen LogP contribution in [0.4, 0.5) is 17.6 Å². The smallest absolute Gasteiger partial charge is 0.471 e. The highest BCUT2D eigenvalue weighted by atomic mass is 32.2. The molecule has 0 aromatic heterocycles. The number of sulfonamides is 1. The van der Waals surface area contributed by atoms with Gasteiger partial charge >= 0.3 is 12.1 Å². The topological polar surface area (TPSA) is 75.7 Å². The molecule has 1 unspecified atom stereocenters. The van der Waals surface area contributed by atoms with Crippen LogP contribution in [-0.4, -0.2) is 50.9 Å². The number of hydrogen-bond acceptors (Lipinski definition) is 4. The minimum atomic E-state index is -5.03. The Bertz CT molecular complexity index is 1230. The van der Waals surface area contributed by atoms with E-state index in [1.165, 1.54) is 12.1 Å². The molecule has 1 fully saturated rings. The lowest BCUT2D eigenvalue weighted by Gasteiger charge is -2.54. The van der Waals surface area contributed by atoms with E-state index in [1.54, 1.807) is 37.3 Å². The molecule has 2 aromatic rings. The Morgan fingerprint density at radius 3 is 2.46 bits per heavy atom. The maximum absolute atomic E-state index is 13.7. The molecule has 2 aromatic carbocycles. The van der Waals surface area contributed by atoms with Crippen LogP contribution in [-0.2, 0) is 26.7 Å². The highest BCUT2D eigenvalue weighted by molar-refractivity contribution is 7.89. The molecule has 0 spiro atoms. The maximum atomic E-state index is 13.7. The minimum absolute atomic E-state index is 0.00205.